The molecular formula is C32H29ClN2O7. The third kappa shape index (κ3) is 5.00. The van der Waals surface area contributed by atoms with E-state index in [1.165, 1.54) is 12.0 Å². The van der Waals surface area contributed by atoms with Crippen molar-refractivity contribution in [1.82, 2.24) is 10.2 Å². The zero-order valence-corrected chi connectivity index (χ0v) is 23.5. The molecule has 0 fully saturated rings. The minimum Gasteiger partial charge on any atom is -0.493 e. The Morgan fingerprint density at radius 2 is 1.86 bits per heavy atom. The first kappa shape index (κ1) is 27.8. The number of benzene rings is 3. The minimum atomic E-state index is -1.19. The quantitative estimate of drug-likeness (QED) is 0.284. The summed E-state index contributed by atoms with van der Waals surface area (Å²) in [4.78, 5) is 29.1. The second-order valence-corrected chi connectivity index (χ2v) is 10.7. The van der Waals surface area contributed by atoms with Crippen molar-refractivity contribution in [1.29, 1.82) is 0 Å². The van der Waals surface area contributed by atoms with Crippen molar-refractivity contribution in [3.63, 3.8) is 0 Å². The first-order valence-electron chi connectivity index (χ1n) is 13.6. The minimum absolute atomic E-state index is 0.0492. The van der Waals surface area contributed by atoms with Crippen LogP contribution in [0.2, 0.25) is 5.02 Å². The first-order valence-corrected chi connectivity index (χ1v) is 13.9. The second-order valence-electron chi connectivity index (χ2n) is 10.2. The summed E-state index contributed by atoms with van der Waals surface area (Å²) in [6.07, 6.45) is -0.392. The number of halogens is 1. The van der Waals surface area contributed by atoms with Crippen LogP contribution in [0, 0.1) is 0 Å². The van der Waals surface area contributed by atoms with Gasteiger partial charge in [0.2, 0.25) is 5.91 Å². The number of rotatable bonds is 8. The van der Waals surface area contributed by atoms with Crippen LogP contribution >= 0.6 is 11.6 Å². The van der Waals surface area contributed by atoms with E-state index in [9.17, 15) is 19.8 Å². The van der Waals surface area contributed by atoms with Crippen molar-refractivity contribution in [2.24, 2.45) is 0 Å². The van der Waals surface area contributed by atoms with Gasteiger partial charge in [0.25, 0.3) is 5.91 Å². The third-order valence-electron chi connectivity index (χ3n) is 7.70. The number of methoxy groups -OCH3 is 1. The second kappa shape index (κ2) is 11.5. The molecule has 1 aromatic heterocycles. The molecule has 3 N–H and O–H groups in total. The Morgan fingerprint density at radius 1 is 1.07 bits per heavy atom. The smallest absolute Gasteiger partial charge is 0.290 e. The van der Waals surface area contributed by atoms with E-state index in [1.54, 1.807) is 54.6 Å². The molecule has 0 saturated carbocycles. The first-order chi connectivity index (χ1) is 20.4. The fourth-order valence-electron chi connectivity index (χ4n) is 5.73. The van der Waals surface area contributed by atoms with Crippen LogP contribution in [-0.4, -0.2) is 65.4 Å². The lowest BCUT2D eigenvalue weighted by Crippen LogP contribution is -2.55. The molecular weight excluding hydrogens is 560 g/mol. The molecule has 1 aliphatic carbocycles. The molecule has 6 rings (SSSR count). The lowest BCUT2D eigenvalue weighted by molar-refractivity contribution is -0.118. The number of carbonyl (C=O) groups is 2. The normalized spacial score (nSPS) is 20.7. The summed E-state index contributed by atoms with van der Waals surface area (Å²) in [5.74, 6) is -0.373. The lowest BCUT2D eigenvalue weighted by atomic mass is 9.77. The van der Waals surface area contributed by atoms with Gasteiger partial charge in [-0.15, -0.1) is 0 Å². The molecule has 0 spiro atoms. The predicted octanol–water partition coefficient (Wildman–Crippen LogP) is 4.06. The molecule has 2 aliphatic rings. The topological polar surface area (TPSA) is 121 Å². The number of nitrogens with zero attached hydrogens (tertiary/aromatic N) is 1. The predicted molar refractivity (Wildman–Crippen MR) is 156 cm³/mol. The zero-order valence-electron chi connectivity index (χ0n) is 22.7. The highest BCUT2D eigenvalue weighted by Crippen LogP contribution is 2.47. The van der Waals surface area contributed by atoms with Crippen LogP contribution in [0.25, 0.3) is 11.0 Å². The van der Waals surface area contributed by atoms with Gasteiger partial charge in [0.1, 0.15) is 18.0 Å². The summed E-state index contributed by atoms with van der Waals surface area (Å²) in [6.45, 7) is -0.0985. The van der Waals surface area contributed by atoms with E-state index < -0.39 is 36.0 Å². The molecule has 4 atom stereocenters. The number of hydrogen-bond donors (Lipinski definition) is 3. The van der Waals surface area contributed by atoms with Crippen LogP contribution in [-0.2, 0) is 11.3 Å². The molecule has 10 heteroatoms. The van der Waals surface area contributed by atoms with E-state index in [4.69, 9.17) is 25.5 Å². The monoisotopic (exact) mass is 588 g/mol. The number of para-hydroxylation sites is 2. The Balaban J connectivity index is 1.45. The average Bonchev–Trinajstić information content (AvgIpc) is 3.62. The maximum atomic E-state index is 14.2. The fourth-order valence-corrected chi connectivity index (χ4v) is 5.86. The molecule has 42 heavy (non-hydrogen) atoms. The van der Waals surface area contributed by atoms with Crippen LogP contribution < -0.4 is 14.8 Å². The highest BCUT2D eigenvalue weighted by atomic mass is 35.5. The molecule has 3 aromatic carbocycles. The fraction of sp³-hybridized carbons (Fsp3) is 0.250. The number of aliphatic hydroxyl groups is 2. The van der Waals surface area contributed by atoms with E-state index in [2.05, 4.69) is 5.32 Å². The summed E-state index contributed by atoms with van der Waals surface area (Å²) >= 11 is 6.12. The van der Waals surface area contributed by atoms with Gasteiger partial charge >= 0.3 is 0 Å². The highest BCUT2D eigenvalue weighted by Gasteiger charge is 2.50. The number of nitrogens with one attached hydrogen (secondary N) is 1. The highest BCUT2D eigenvalue weighted by molar-refractivity contribution is 6.30. The van der Waals surface area contributed by atoms with Gasteiger partial charge in [-0.1, -0.05) is 54.1 Å². The van der Waals surface area contributed by atoms with E-state index in [0.717, 1.165) is 11.1 Å². The number of aliphatic hydroxyl groups excluding tert-OH is 2. The van der Waals surface area contributed by atoms with Crippen molar-refractivity contribution in [3.8, 4) is 11.5 Å². The molecule has 0 radical (unpaired) electrons. The average molecular weight is 589 g/mol. The SMILES string of the molecule is COc1cccc2cc(C(=O)N(Cc3ccc(Cl)cc3)C3C=C(C(=O)NCCO)C4c5ccccc5OC4C3O)oc12. The number of amides is 2. The van der Waals surface area contributed by atoms with E-state index in [0.29, 0.717) is 33.1 Å². The zero-order chi connectivity index (χ0) is 29.4. The van der Waals surface area contributed by atoms with E-state index in [-0.39, 0.29) is 25.5 Å². The van der Waals surface area contributed by atoms with Crippen LogP contribution in [0.15, 0.2) is 88.9 Å². The Kier molecular flexibility index (Phi) is 7.64. The van der Waals surface area contributed by atoms with Crippen molar-refractivity contribution in [2.45, 2.75) is 30.7 Å². The number of carbonyl (C=O) groups excluding carboxylic acids is 2. The summed E-state index contributed by atoms with van der Waals surface area (Å²) in [7, 11) is 1.52. The van der Waals surface area contributed by atoms with Crippen LogP contribution in [0.3, 0.4) is 0 Å². The van der Waals surface area contributed by atoms with Crippen molar-refractivity contribution in [2.75, 3.05) is 20.3 Å². The Bertz CT molecular complexity index is 1670. The molecule has 9 nitrogen and oxygen atoms in total. The Morgan fingerprint density at radius 3 is 2.62 bits per heavy atom. The van der Waals surface area contributed by atoms with Crippen molar-refractivity contribution < 1.29 is 33.7 Å². The van der Waals surface area contributed by atoms with Crippen molar-refractivity contribution >= 4 is 34.4 Å². The van der Waals surface area contributed by atoms with Gasteiger partial charge in [-0.25, -0.2) is 0 Å². The van der Waals surface area contributed by atoms with Gasteiger partial charge in [0.15, 0.2) is 17.1 Å². The van der Waals surface area contributed by atoms with Crippen LogP contribution in [0.4, 0.5) is 0 Å². The molecule has 4 aromatic rings. The van der Waals surface area contributed by atoms with Gasteiger partial charge < -0.3 is 34.3 Å². The van der Waals surface area contributed by atoms with Crippen LogP contribution in [0.5, 0.6) is 11.5 Å². The molecule has 0 saturated heterocycles. The largest absolute Gasteiger partial charge is 0.493 e. The van der Waals surface area contributed by atoms with E-state index >= 15 is 0 Å². The summed E-state index contributed by atoms with van der Waals surface area (Å²) in [5.41, 5.74) is 2.29. The maximum Gasteiger partial charge on any atom is 0.290 e. The van der Waals surface area contributed by atoms with Crippen LogP contribution in [0.1, 0.15) is 27.6 Å². The molecule has 216 valence electrons. The van der Waals surface area contributed by atoms with Gasteiger partial charge in [-0.3, -0.25) is 9.59 Å². The van der Waals surface area contributed by atoms with Crippen molar-refractivity contribution in [3.05, 3.63) is 106 Å². The molecule has 2 heterocycles. The van der Waals surface area contributed by atoms with Gasteiger partial charge in [0.05, 0.1) is 25.7 Å². The number of fused-ring (bicyclic) bond motifs is 4. The third-order valence-corrected chi connectivity index (χ3v) is 7.95. The van der Waals surface area contributed by atoms with Gasteiger partial charge in [-0.05, 0) is 42.0 Å². The number of ether oxygens (including phenoxy) is 2. The summed E-state index contributed by atoms with van der Waals surface area (Å²) in [5, 5.41) is 25.1. The summed E-state index contributed by atoms with van der Waals surface area (Å²) < 4.78 is 17.6. The Labute approximate surface area is 246 Å². The number of hydrogen-bond acceptors (Lipinski definition) is 7. The van der Waals surface area contributed by atoms with Gasteiger partial charge in [0, 0.05) is 34.6 Å². The summed E-state index contributed by atoms with van der Waals surface area (Å²) in [6, 6.07) is 20.4. The molecule has 2 amide bonds. The standard InChI is InChI=1S/C32H29ClN2O7/c1-40-25-8-4-5-19-15-26(42-29(19)25)32(39)35(17-18-9-11-20(33)12-10-18)23-16-22(31(38)34-13-14-36)27-21-6-2-3-7-24(21)41-30(27)28(23)37/h2-12,15-16,23,27-28,30,36-37H,13-14,17H2,1H3,(H,34,38). The molecule has 4 unspecified atom stereocenters. The molecule has 1 aliphatic heterocycles. The number of furan rings is 1. The maximum absolute atomic E-state index is 14.2. The van der Waals surface area contributed by atoms with Gasteiger partial charge in [-0.2, -0.15) is 0 Å². The molecule has 0 bridgehead atoms. The van der Waals surface area contributed by atoms with E-state index in [1.807, 2.05) is 24.3 Å². The lowest BCUT2D eigenvalue weighted by Gasteiger charge is -2.40. The Hall–Kier alpha value is -4.31.